The summed E-state index contributed by atoms with van der Waals surface area (Å²) in [5.41, 5.74) is 3.45. The van der Waals surface area contributed by atoms with Gasteiger partial charge in [-0.15, -0.1) is 0 Å². The quantitative estimate of drug-likeness (QED) is 0.831. The molecule has 0 bridgehead atoms. The predicted molar refractivity (Wildman–Crippen MR) is 104 cm³/mol. The third-order valence-electron chi connectivity index (χ3n) is 3.94. The Labute approximate surface area is 156 Å². The van der Waals surface area contributed by atoms with Crippen molar-refractivity contribution in [3.05, 3.63) is 70.1 Å². The summed E-state index contributed by atoms with van der Waals surface area (Å²) in [5.74, 6) is -0.845. The topological polar surface area (TPSA) is 66.5 Å². The number of imide groups is 1. The molecule has 2 aromatic rings. The summed E-state index contributed by atoms with van der Waals surface area (Å²) in [6.45, 7) is 3.52. The second-order valence-corrected chi connectivity index (χ2v) is 7.04. The number of thioether (sulfide) groups is 1. The molecule has 0 aromatic heterocycles. The maximum atomic E-state index is 12.5. The van der Waals surface area contributed by atoms with Gasteiger partial charge in [0.05, 0.1) is 4.91 Å². The van der Waals surface area contributed by atoms with Gasteiger partial charge in [-0.05, 0) is 54.4 Å². The third-order valence-corrected chi connectivity index (χ3v) is 4.85. The van der Waals surface area contributed by atoms with Gasteiger partial charge >= 0.3 is 0 Å². The van der Waals surface area contributed by atoms with E-state index in [9.17, 15) is 14.4 Å². The van der Waals surface area contributed by atoms with Gasteiger partial charge in [0.25, 0.3) is 11.1 Å². The molecule has 1 saturated heterocycles. The molecule has 132 valence electrons. The van der Waals surface area contributed by atoms with Crippen LogP contribution in [0.2, 0.25) is 0 Å². The summed E-state index contributed by atoms with van der Waals surface area (Å²) in [6, 6.07) is 15.0. The first-order valence-corrected chi connectivity index (χ1v) is 8.93. The molecule has 0 unspecified atom stereocenters. The number of carbonyl (C=O) groups excluding carboxylic acids is 3. The van der Waals surface area contributed by atoms with Crippen LogP contribution in [-0.2, 0) is 9.59 Å². The number of nitrogens with one attached hydrogen (secondary N) is 1. The minimum atomic E-state index is -0.444. The van der Waals surface area contributed by atoms with Crippen LogP contribution in [0.15, 0.2) is 53.4 Å². The highest BCUT2D eigenvalue weighted by atomic mass is 32.2. The average Bonchev–Trinajstić information content (AvgIpc) is 2.86. The molecule has 1 N–H and O–H groups in total. The minimum absolute atomic E-state index is 0.301. The second-order valence-electron chi connectivity index (χ2n) is 6.05. The number of hydrogen-bond acceptors (Lipinski definition) is 4. The van der Waals surface area contributed by atoms with Crippen molar-refractivity contribution >= 4 is 40.6 Å². The van der Waals surface area contributed by atoms with Crippen molar-refractivity contribution in [3.63, 3.8) is 0 Å². The van der Waals surface area contributed by atoms with Crippen LogP contribution in [0.4, 0.5) is 10.5 Å². The molecule has 6 heteroatoms. The predicted octanol–water partition coefficient (Wildman–Crippen LogP) is 3.98. The maximum Gasteiger partial charge on any atom is 0.294 e. The molecular formula is C20H18N2O3S. The van der Waals surface area contributed by atoms with Gasteiger partial charge in [0.15, 0.2) is 0 Å². The Hall–Kier alpha value is -2.86. The van der Waals surface area contributed by atoms with E-state index >= 15 is 0 Å². The zero-order chi connectivity index (χ0) is 18.7. The fourth-order valence-corrected chi connectivity index (χ4v) is 3.38. The Morgan fingerprint density at radius 1 is 1.12 bits per heavy atom. The minimum Gasteiger partial charge on any atom is -0.324 e. The molecule has 1 heterocycles. The highest BCUT2D eigenvalue weighted by molar-refractivity contribution is 8.18. The Balaban J connectivity index is 1.70. The molecule has 0 saturated carbocycles. The Morgan fingerprint density at radius 3 is 2.58 bits per heavy atom. The van der Waals surface area contributed by atoms with Crippen LogP contribution in [-0.4, -0.2) is 28.5 Å². The number of hydrogen-bond donors (Lipinski definition) is 1. The number of carbonyl (C=O) groups is 3. The molecule has 1 fully saturated rings. The SMILES string of the molecule is Cc1ccc(C)c(NC(=O)CN2C(=O)S/C(=C/c3ccccc3)C2=O)c1. The molecule has 0 atom stereocenters. The summed E-state index contributed by atoms with van der Waals surface area (Å²) >= 11 is 0.849. The standard InChI is InChI=1S/C20H18N2O3S/c1-13-8-9-14(2)16(10-13)21-18(23)12-22-19(24)17(26-20(22)25)11-15-6-4-3-5-7-15/h3-11H,12H2,1-2H3,(H,21,23)/b17-11+. The maximum absolute atomic E-state index is 12.5. The van der Waals surface area contributed by atoms with Crippen LogP contribution in [0.3, 0.4) is 0 Å². The van der Waals surface area contributed by atoms with Crippen LogP contribution in [0.25, 0.3) is 6.08 Å². The van der Waals surface area contributed by atoms with Gasteiger partial charge in [-0.2, -0.15) is 0 Å². The first kappa shape index (κ1) is 17.9. The third kappa shape index (κ3) is 4.03. The van der Waals surface area contributed by atoms with E-state index in [0.29, 0.717) is 10.6 Å². The lowest BCUT2D eigenvalue weighted by Gasteiger charge is -2.14. The van der Waals surface area contributed by atoms with Gasteiger partial charge in [0.2, 0.25) is 5.91 Å². The van der Waals surface area contributed by atoms with Crippen molar-refractivity contribution in [3.8, 4) is 0 Å². The monoisotopic (exact) mass is 366 g/mol. The van der Waals surface area contributed by atoms with Crippen molar-refractivity contribution in [2.75, 3.05) is 11.9 Å². The molecule has 3 amide bonds. The highest BCUT2D eigenvalue weighted by Gasteiger charge is 2.36. The van der Waals surface area contributed by atoms with E-state index in [4.69, 9.17) is 0 Å². The molecular weight excluding hydrogens is 348 g/mol. The van der Waals surface area contributed by atoms with Crippen LogP contribution in [0, 0.1) is 13.8 Å². The molecule has 3 rings (SSSR count). The largest absolute Gasteiger partial charge is 0.324 e. The fourth-order valence-electron chi connectivity index (χ4n) is 2.54. The lowest BCUT2D eigenvalue weighted by Crippen LogP contribution is -2.36. The molecule has 2 aromatic carbocycles. The van der Waals surface area contributed by atoms with E-state index in [1.807, 2.05) is 62.4 Å². The van der Waals surface area contributed by atoms with E-state index in [1.54, 1.807) is 6.08 Å². The van der Waals surface area contributed by atoms with Crippen molar-refractivity contribution in [2.45, 2.75) is 13.8 Å². The van der Waals surface area contributed by atoms with Gasteiger partial charge in [0.1, 0.15) is 6.54 Å². The second kappa shape index (κ2) is 7.58. The molecule has 1 aliphatic rings. The fraction of sp³-hybridized carbons (Fsp3) is 0.150. The van der Waals surface area contributed by atoms with Gasteiger partial charge in [-0.3, -0.25) is 19.3 Å². The van der Waals surface area contributed by atoms with Crippen molar-refractivity contribution in [2.24, 2.45) is 0 Å². The van der Waals surface area contributed by atoms with Crippen LogP contribution < -0.4 is 5.32 Å². The van der Waals surface area contributed by atoms with Gasteiger partial charge in [0, 0.05) is 5.69 Å². The van der Waals surface area contributed by atoms with Crippen molar-refractivity contribution in [1.82, 2.24) is 4.90 Å². The Morgan fingerprint density at radius 2 is 1.85 bits per heavy atom. The Bertz CT molecular complexity index is 907. The van der Waals surface area contributed by atoms with E-state index < -0.39 is 17.1 Å². The summed E-state index contributed by atoms with van der Waals surface area (Å²) in [4.78, 5) is 38.2. The zero-order valence-corrected chi connectivity index (χ0v) is 15.3. The van der Waals surface area contributed by atoms with Gasteiger partial charge < -0.3 is 5.32 Å². The van der Waals surface area contributed by atoms with E-state index in [1.165, 1.54) is 0 Å². The van der Waals surface area contributed by atoms with Crippen LogP contribution in [0.5, 0.6) is 0 Å². The molecule has 26 heavy (non-hydrogen) atoms. The molecule has 0 spiro atoms. The number of amides is 3. The Kier molecular flexibility index (Phi) is 5.23. The van der Waals surface area contributed by atoms with Gasteiger partial charge in [-0.1, -0.05) is 42.5 Å². The first-order chi connectivity index (χ1) is 12.4. The van der Waals surface area contributed by atoms with E-state index in [2.05, 4.69) is 5.32 Å². The van der Waals surface area contributed by atoms with Crippen LogP contribution in [0.1, 0.15) is 16.7 Å². The average molecular weight is 366 g/mol. The van der Waals surface area contributed by atoms with E-state index in [0.717, 1.165) is 33.4 Å². The lowest BCUT2D eigenvalue weighted by atomic mass is 10.1. The molecule has 5 nitrogen and oxygen atoms in total. The normalized spacial score (nSPS) is 15.6. The first-order valence-electron chi connectivity index (χ1n) is 8.11. The van der Waals surface area contributed by atoms with E-state index in [-0.39, 0.29) is 6.54 Å². The zero-order valence-electron chi connectivity index (χ0n) is 14.5. The summed E-state index contributed by atoms with van der Waals surface area (Å²) in [7, 11) is 0. The highest BCUT2D eigenvalue weighted by Crippen LogP contribution is 2.32. The number of nitrogens with zero attached hydrogens (tertiary/aromatic N) is 1. The number of rotatable bonds is 4. The van der Waals surface area contributed by atoms with Crippen LogP contribution >= 0.6 is 11.8 Å². The molecule has 0 aliphatic carbocycles. The summed E-state index contributed by atoms with van der Waals surface area (Å²) < 4.78 is 0. The smallest absolute Gasteiger partial charge is 0.294 e. The van der Waals surface area contributed by atoms with Crippen molar-refractivity contribution < 1.29 is 14.4 Å². The summed E-state index contributed by atoms with van der Waals surface area (Å²) in [5, 5.41) is 2.33. The number of anilines is 1. The molecule has 1 aliphatic heterocycles. The lowest BCUT2D eigenvalue weighted by molar-refractivity contribution is -0.127. The molecule has 0 radical (unpaired) electrons. The number of benzene rings is 2. The van der Waals surface area contributed by atoms with Crippen molar-refractivity contribution in [1.29, 1.82) is 0 Å². The number of aryl methyl sites for hydroxylation is 2. The summed E-state index contributed by atoms with van der Waals surface area (Å²) in [6.07, 6.45) is 1.66. The van der Waals surface area contributed by atoms with Gasteiger partial charge in [-0.25, -0.2) is 0 Å².